The van der Waals surface area contributed by atoms with Gasteiger partial charge in [-0.2, -0.15) is 0 Å². The van der Waals surface area contributed by atoms with E-state index in [9.17, 15) is 0 Å². The molecule has 2 saturated carbocycles. The van der Waals surface area contributed by atoms with Gasteiger partial charge in [-0.3, -0.25) is 0 Å². The first kappa shape index (κ1) is 4.67. The van der Waals surface area contributed by atoms with Crippen LogP contribution in [0.15, 0.2) is 4.99 Å². The van der Waals surface area contributed by atoms with Crippen molar-refractivity contribution in [3.05, 3.63) is 0 Å². The second-order valence-corrected chi connectivity index (χ2v) is 4.08. The number of ether oxygens (including phenoxy) is 1. The smallest absolute Gasteiger partial charge is 0.285 e. The van der Waals surface area contributed by atoms with Crippen molar-refractivity contribution in [2.24, 2.45) is 16.8 Å². The van der Waals surface area contributed by atoms with Crippen molar-refractivity contribution in [3.63, 3.8) is 0 Å². The highest BCUT2D eigenvalue weighted by Crippen LogP contribution is 2.44. The quantitative estimate of drug-likeness (QED) is 0.714. The zero-order valence-corrected chi connectivity index (χ0v) is 7.42. The summed E-state index contributed by atoms with van der Waals surface area (Å²) in [6.07, 6.45) is 4.78. The number of hydrogen-bond acceptors (Lipinski definition) is 3. The Bertz CT molecular complexity index is 351. The monoisotopic (exact) mass is 184 g/mol. The summed E-state index contributed by atoms with van der Waals surface area (Å²) in [5.74, 6) is 1.26. The highest BCUT2D eigenvalue weighted by atomic mass is 16.5. The number of hydrogen-bond donors (Lipinski definition) is 1. The molecule has 1 aliphatic heterocycles. The molecular weight excluding hydrogens is 164 g/mol. The van der Waals surface area contributed by atoms with Crippen LogP contribution in [0.1, 0.15) is 31.2 Å². The van der Waals surface area contributed by atoms with Crippen LogP contribution in [0.25, 0.3) is 0 Å². The number of nitrogens with one attached hydrogen (secondary N) is 1. The van der Waals surface area contributed by atoms with Gasteiger partial charge in [0, 0.05) is 6.04 Å². The van der Waals surface area contributed by atoms with Gasteiger partial charge in [0.2, 0.25) is 0 Å². The van der Waals surface area contributed by atoms with E-state index >= 15 is 0 Å². The summed E-state index contributed by atoms with van der Waals surface area (Å²) in [7, 11) is 0. The average molecular weight is 184 g/mol. The van der Waals surface area contributed by atoms with Crippen LogP contribution in [-0.4, -0.2) is 25.1 Å². The molecule has 72 valence electrons. The molecule has 0 atom stereocenters. The van der Waals surface area contributed by atoms with Crippen LogP contribution in [0, 0.1) is 11.8 Å². The Hall–Kier alpha value is -0.730. The molecule has 2 aliphatic carbocycles. The maximum atomic E-state index is 7.45. The van der Waals surface area contributed by atoms with Crippen LogP contribution in [0.2, 0.25) is 0 Å². The first-order valence-electron chi connectivity index (χ1n) is 6.94. The number of aliphatic imine (C=N–C) groups is 1. The third kappa shape index (κ3) is 1.64. The maximum Gasteiger partial charge on any atom is 0.285 e. The van der Waals surface area contributed by atoms with Gasteiger partial charge in [0.1, 0.15) is 6.56 Å². The predicted molar refractivity (Wildman–Crippen MR) is 50.6 cm³/mol. The summed E-state index contributed by atoms with van der Waals surface area (Å²) in [5, 5.41) is 3.10. The van der Waals surface area contributed by atoms with Crippen molar-refractivity contribution in [1.82, 2.24) is 5.32 Å². The molecule has 13 heavy (non-hydrogen) atoms. The molecule has 0 aromatic rings. The van der Waals surface area contributed by atoms with E-state index in [0.717, 1.165) is 0 Å². The molecular formula is C10H16N2O. The topological polar surface area (TPSA) is 33.6 Å². The van der Waals surface area contributed by atoms with Gasteiger partial charge in [0.05, 0.1) is 12.0 Å². The molecule has 0 spiro atoms. The first-order chi connectivity index (χ1) is 7.89. The Morgan fingerprint density at radius 2 is 2.08 bits per heavy atom. The fourth-order valence-electron chi connectivity index (χ4n) is 1.90. The Labute approximate surface area is 84.2 Å². The summed E-state index contributed by atoms with van der Waals surface area (Å²) in [6.45, 7) is -4.67. The highest BCUT2D eigenvalue weighted by Gasteiger charge is 2.42. The van der Waals surface area contributed by atoms with Gasteiger partial charge >= 0.3 is 0 Å². The van der Waals surface area contributed by atoms with E-state index in [1.54, 1.807) is 0 Å². The Balaban J connectivity index is 1.69. The van der Waals surface area contributed by atoms with Crippen molar-refractivity contribution in [2.45, 2.75) is 31.7 Å². The van der Waals surface area contributed by atoms with Crippen LogP contribution >= 0.6 is 0 Å². The van der Waals surface area contributed by atoms with E-state index < -0.39 is 13.1 Å². The summed E-state index contributed by atoms with van der Waals surface area (Å²) >= 11 is 0. The van der Waals surface area contributed by atoms with E-state index in [2.05, 4.69) is 10.3 Å². The predicted octanol–water partition coefficient (Wildman–Crippen LogP) is 1.15. The van der Waals surface area contributed by atoms with Crippen LogP contribution in [0.5, 0.6) is 0 Å². The van der Waals surface area contributed by atoms with E-state index in [1.165, 1.54) is 25.7 Å². The van der Waals surface area contributed by atoms with Crippen LogP contribution < -0.4 is 5.32 Å². The zero-order valence-electron chi connectivity index (χ0n) is 11.4. The van der Waals surface area contributed by atoms with Gasteiger partial charge in [-0.05, 0) is 37.5 Å². The normalized spacial score (nSPS) is 39.6. The lowest BCUT2D eigenvalue weighted by molar-refractivity contribution is 0.316. The van der Waals surface area contributed by atoms with Crippen molar-refractivity contribution in [2.75, 3.05) is 13.1 Å². The first-order valence-corrected chi connectivity index (χ1v) is 4.94. The largest absolute Gasteiger partial charge is 0.463 e. The number of rotatable bonds is 3. The summed E-state index contributed by atoms with van der Waals surface area (Å²) in [4.78, 5) is 3.68. The Morgan fingerprint density at radius 1 is 1.38 bits per heavy atom. The molecule has 3 heteroatoms. The van der Waals surface area contributed by atoms with Crippen LogP contribution in [0.4, 0.5) is 0 Å². The zero-order chi connectivity index (χ0) is 12.3. The lowest BCUT2D eigenvalue weighted by Gasteiger charge is -2.17. The summed E-state index contributed by atoms with van der Waals surface area (Å²) in [5.41, 5.74) is 0. The van der Waals surface area contributed by atoms with Crippen molar-refractivity contribution < 1.29 is 10.2 Å². The van der Waals surface area contributed by atoms with E-state index in [-0.39, 0.29) is 6.02 Å². The molecule has 0 aromatic heterocycles. The van der Waals surface area contributed by atoms with E-state index in [4.69, 9.17) is 10.2 Å². The van der Waals surface area contributed by atoms with Gasteiger partial charge in [0.25, 0.3) is 6.02 Å². The minimum absolute atomic E-state index is 0.0313. The highest BCUT2D eigenvalue weighted by molar-refractivity contribution is 5.75. The van der Waals surface area contributed by atoms with E-state index in [0.29, 0.717) is 17.9 Å². The van der Waals surface area contributed by atoms with Crippen LogP contribution in [-0.2, 0) is 4.74 Å². The van der Waals surface area contributed by atoms with Crippen molar-refractivity contribution in [1.29, 1.82) is 0 Å². The van der Waals surface area contributed by atoms with Gasteiger partial charge < -0.3 is 10.1 Å². The van der Waals surface area contributed by atoms with Crippen molar-refractivity contribution in [3.8, 4) is 0 Å². The SMILES string of the molecule is [2H]C1([2H])N=C(NC(C2CC2)C2CC2)OC1([2H])[2H]. The lowest BCUT2D eigenvalue weighted by Crippen LogP contribution is -2.38. The molecule has 0 unspecified atom stereocenters. The van der Waals surface area contributed by atoms with Gasteiger partial charge in [-0.1, -0.05) is 0 Å². The second-order valence-electron chi connectivity index (χ2n) is 4.08. The fourth-order valence-corrected chi connectivity index (χ4v) is 1.90. The second kappa shape index (κ2) is 2.89. The molecule has 1 heterocycles. The molecule has 0 bridgehead atoms. The minimum Gasteiger partial charge on any atom is -0.463 e. The molecule has 3 aliphatic rings. The number of nitrogens with zero attached hydrogens (tertiary/aromatic N) is 1. The third-order valence-corrected chi connectivity index (χ3v) is 2.90. The molecule has 1 N–H and O–H groups in total. The number of amidine groups is 1. The third-order valence-electron chi connectivity index (χ3n) is 2.90. The van der Waals surface area contributed by atoms with Crippen LogP contribution in [0.3, 0.4) is 0 Å². The van der Waals surface area contributed by atoms with Gasteiger partial charge in [-0.15, -0.1) is 0 Å². The van der Waals surface area contributed by atoms with E-state index in [1.807, 2.05) is 0 Å². The lowest BCUT2D eigenvalue weighted by atomic mass is 10.1. The maximum absolute atomic E-state index is 7.45. The molecule has 3 nitrogen and oxygen atoms in total. The molecule has 2 fully saturated rings. The molecule has 0 saturated heterocycles. The standard InChI is InChI=1S/C10H16N2O/c1-2-7(1)9(8-3-4-8)12-10-11-5-6-13-10/h7-9H,1-6H2,(H,11,12)/i5D2,6D2. The Morgan fingerprint density at radius 3 is 2.54 bits per heavy atom. The van der Waals surface area contributed by atoms with Crippen molar-refractivity contribution >= 4 is 6.02 Å². The minimum atomic E-state index is -2.37. The summed E-state index contributed by atoms with van der Waals surface area (Å²) in [6, 6.07) is 0.322. The summed E-state index contributed by atoms with van der Waals surface area (Å²) < 4.78 is 34.7. The molecule has 3 rings (SSSR count). The average Bonchev–Trinajstić information content (AvgIpc) is 3.06. The Kier molecular flexibility index (Phi) is 1.04. The molecule has 0 amide bonds. The van der Waals surface area contributed by atoms with Gasteiger partial charge in [-0.25, -0.2) is 4.99 Å². The fraction of sp³-hybridized carbons (Fsp3) is 0.900. The molecule has 0 aromatic carbocycles. The molecule has 0 radical (unpaired) electrons. The van der Waals surface area contributed by atoms with Gasteiger partial charge in [0.15, 0.2) is 0 Å².